The first kappa shape index (κ1) is 13.3. The molecule has 2 N–H and O–H groups in total. The Morgan fingerprint density at radius 3 is 3.00 bits per heavy atom. The van der Waals surface area contributed by atoms with Crippen LogP contribution in [0.2, 0.25) is 0 Å². The molecule has 0 bridgehead atoms. The molecule has 7 heteroatoms. The molecule has 1 aliphatic rings. The summed E-state index contributed by atoms with van der Waals surface area (Å²) in [7, 11) is -2.03. The molecular weight excluding hydrogens is 254 g/mol. The Bertz CT molecular complexity index is 518. The molecule has 2 rings (SSSR count). The van der Waals surface area contributed by atoms with E-state index >= 15 is 0 Å². The average Bonchev–Trinajstić information content (AvgIpc) is 2.39. The zero-order valence-corrected chi connectivity index (χ0v) is 11.1. The van der Waals surface area contributed by atoms with Gasteiger partial charge in [0.2, 0.25) is 0 Å². The van der Waals surface area contributed by atoms with Crippen LogP contribution in [0.15, 0.2) is 23.4 Å². The van der Waals surface area contributed by atoms with E-state index in [1.54, 1.807) is 13.2 Å². The van der Waals surface area contributed by atoms with Crippen molar-refractivity contribution in [1.82, 2.24) is 9.29 Å². The molecule has 1 atom stereocenters. The Balaban J connectivity index is 2.29. The van der Waals surface area contributed by atoms with Gasteiger partial charge in [-0.15, -0.1) is 0 Å². The monoisotopic (exact) mass is 271 g/mol. The predicted molar refractivity (Wildman–Crippen MR) is 67.4 cm³/mol. The van der Waals surface area contributed by atoms with E-state index in [0.29, 0.717) is 13.1 Å². The van der Waals surface area contributed by atoms with Gasteiger partial charge in [0.25, 0.3) is 10.0 Å². The molecule has 0 saturated carbocycles. The number of hydrogen-bond acceptors (Lipinski definition) is 5. The lowest BCUT2D eigenvalue weighted by Crippen LogP contribution is -2.43. The van der Waals surface area contributed by atoms with Gasteiger partial charge in [-0.05, 0) is 25.0 Å². The van der Waals surface area contributed by atoms with Crippen LogP contribution in [0.3, 0.4) is 0 Å². The van der Waals surface area contributed by atoms with Crippen LogP contribution < -0.4 is 5.73 Å². The number of nitrogens with two attached hydrogens (primary N) is 1. The fourth-order valence-corrected chi connectivity index (χ4v) is 3.59. The molecule has 18 heavy (non-hydrogen) atoms. The van der Waals surface area contributed by atoms with Crippen LogP contribution in [0, 0.1) is 0 Å². The topological polar surface area (TPSA) is 85.5 Å². The summed E-state index contributed by atoms with van der Waals surface area (Å²) in [5.41, 5.74) is 5.86. The summed E-state index contributed by atoms with van der Waals surface area (Å²) in [5, 5.41) is -0.0678. The highest BCUT2D eigenvalue weighted by atomic mass is 32.2. The number of anilines is 1. The standard InChI is InChI=1S/C11H17N3O3S/c1-17-9-4-3-7-14(8-9)18(15,16)11-10(12)5-2-6-13-11/h2,5-6,9H,3-4,7-8,12H2,1H3. The van der Waals surface area contributed by atoms with Gasteiger partial charge in [-0.1, -0.05) is 0 Å². The molecule has 6 nitrogen and oxygen atoms in total. The van der Waals surface area contributed by atoms with Gasteiger partial charge < -0.3 is 10.5 Å². The minimum Gasteiger partial charge on any atom is -0.396 e. The quantitative estimate of drug-likeness (QED) is 0.863. The number of methoxy groups -OCH3 is 1. The van der Waals surface area contributed by atoms with Gasteiger partial charge in [-0.2, -0.15) is 4.31 Å². The summed E-state index contributed by atoms with van der Waals surface area (Å²) >= 11 is 0. The maximum absolute atomic E-state index is 12.4. The number of nitrogens with zero attached hydrogens (tertiary/aromatic N) is 2. The summed E-state index contributed by atoms with van der Waals surface area (Å²) in [4.78, 5) is 3.88. The minimum atomic E-state index is -3.62. The Kier molecular flexibility index (Phi) is 3.84. The van der Waals surface area contributed by atoms with Crippen LogP contribution in [0.5, 0.6) is 0 Å². The summed E-state index contributed by atoms with van der Waals surface area (Å²) < 4.78 is 31.4. The highest BCUT2D eigenvalue weighted by molar-refractivity contribution is 7.89. The SMILES string of the molecule is COC1CCCN(S(=O)(=O)c2ncccc2N)C1. The van der Waals surface area contributed by atoms with Gasteiger partial charge in [-0.25, -0.2) is 13.4 Å². The van der Waals surface area contributed by atoms with Crippen molar-refractivity contribution >= 4 is 15.7 Å². The van der Waals surface area contributed by atoms with E-state index < -0.39 is 10.0 Å². The number of piperidine rings is 1. The lowest BCUT2D eigenvalue weighted by atomic mass is 10.1. The lowest BCUT2D eigenvalue weighted by molar-refractivity contribution is 0.0571. The summed E-state index contributed by atoms with van der Waals surface area (Å²) in [6, 6.07) is 3.15. The third-order valence-electron chi connectivity index (χ3n) is 3.06. The van der Waals surface area contributed by atoms with Gasteiger partial charge in [0.15, 0.2) is 5.03 Å². The van der Waals surface area contributed by atoms with Gasteiger partial charge in [-0.3, -0.25) is 0 Å². The number of ether oxygens (including phenoxy) is 1. The first-order chi connectivity index (χ1) is 8.55. The van der Waals surface area contributed by atoms with E-state index in [1.165, 1.54) is 16.6 Å². The maximum Gasteiger partial charge on any atom is 0.262 e. The fraction of sp³-hybridized carbons (Fsp3) is 0.545. The predicted octanol–water partition coefficient (Wildman–Crippen LogP) is 0.463. The van der Waals surface area contributed by atoms with Crippen molar-refractivity contribution in [1.29, 1.82) is 0 Å². The van der Waals surface area contributed by atoms with Crippen LogP contribution in [-0.4, -0.2) is 44.0 Å². The Labute approximate surface area is 107 Å². The normalized spacial score (nSPS) is 21.9. The van der Waals surface area contributed by atoms with Gasteiger partial charge >= 0.3 is 0 Å². The Morgan fingerprint density at radius 1 is 1.56 bits per heavy atom. The molecule has 1 aromatic heterocycles. The third-order valence-corrected chi connectivity index (χ3v) is 4.90. The number of pyridine rings is 1. The third kappa shape index (κ3) is 2.47. The van der Waals surface area contributed by atoms with Crippen molar-refractivity contribution in [2.75, 3.05) is 25.9 Å². The highest BCUT2D eigenvalue weighted by Gasteiger charge is 2.32. The van der Waals surface area contributed by atoms with Crippen LogP contribution in [0.4, 0.5) is 5.69 Å². The zero-order chi connectivity index (χ0) is 13.2. The molecule has 1 aromatic rings. The zero-order valence-electron chi connectivity index (χ0n) is 10.2. The average molecular weight is 271 g/mol. The molecule has 0 aromatic carbocycles. The maximum atomic E-state index is 12.4. The Hall–Kier alpha value is -1.18. The number of sulfonamides is 1. The van der Waals surface area contributed by atoms with Crippen LogP contribution in [-0.2, 0) is 14.8 Å². The molecule has 0 radical (unpaired) electrons. The van der Waals surface area contributed by atoms with Crippen molar-refractivity contribution in [3.63, 3.8) is 0 Å². The molecule has 1 saturated heterocycles. The molecule has 0 spiro atoms. The summed E-state index contributed by atoms with van der Waals surface area (Å²) in [6.07, 6.45) is 3.03. The van der Waals surface area contributed by atoms with E-state index in [-0.39, 0.29) is 16.8 Å². The van der Waals surface area contributed by atoms with Crippen molar-refractivity contribution < 1.29 is 13.2 Å². The van der Waals surface area contributed by atoms with Crippen molar-refractivity contribution in [3.05, 3.63) is 18.3 Å². The van der Waals surface area contributed by atoms with Crippen LogP contribution in [0.25, 0.3) is 0 Å². The highest BCUT2D eigenvalue weighted by Crippen LogP contribution is 2.23. The van der Waals surface area contributed by atoms with Gasteiger partial charge in [0, 0.05) is 26.4 Å². The second-order valence-electron chi connectivity index (χ2n) is 4.26. The first-order valence-corrected chi connectivity index (χ1v) is 7.23. The molecule has 0 aliphatic carbocycles. The summed E-state index contributed by atoms with van der Waals surface area (Å²) in [5.74, 6) is 0. The molecule has 100 valence electrons. The van der Waals surface area contributed by atoms with E-state index in [9.17, 15) is 8.42 Å². The molecular formula is C11H17N3O3S. The number of aromatic nitrogens is 1. The van der Waals surface area contributed by atoms with Gasteiger partial charge in [0.1, 0.15) is 0 Å². The van der Waals surface area contributed by atoms with E-state index in [2.05, 4.69) is 4.98 Å². The first-order valence-electron chi connectivity index (χ1n) is 5.79. The second-order valence-corrected chi connectivity index (χ2v) is 6.11. The van der Waals surface area contributed by atoms with E-state index in [4.69, 9.17) is 10.5 Å². The van der Waals surface area contributed by atoms with Crippen molar-refractivity contribution in [3.8, 4) is 0 Å². The molecule has 1 unspecified atom stereocenters. The van der Waals surface area contributed by atoms with E-state index in [1.807, 2.05) is 0 Å². The smallest absolute Gasteiger partial charge is 0.262 e. The lowest BCUT2D eigenvalue weighted by Gasteiger charge is -2.30. The van der Waals surface area contributed by atoms with Gasteiger partial charge in [0.05, 0.1) is 11.8 Å². The number of rotatable bonds is 3. The van der Waals surface area contributed by atoms with Crippen LogP contribution >= 0.6 is 0 Å². The number of nitrogen functional groups attached to an aromatic ring is 1. The molecule has 1 fully saturated rings. The van der Waals surface area contributed by atoms with Crippen molar-refractivity contribution in [2.45, 2.75) is 24.0 Å². The van der Waals surface area contributed by atoms with E-state index in [0.717, 1.165) is 12.8 Å². The summed E-state index contributed by atoms with van der Waals surface area (Å²) in [6.45, 7) is 0.840. The second kappa shape index (κ2) is 5.21. The largest absolute Gasteiger partial charge is 0.396 e. The molecule has 1 aliphatic heterocycles. The number of hydrogen-bond donors (Lipinski definition) is 1. The Morgan fingerprint density at radius 2 is 2.33 bits per heavy atom. The molecule has 0 amide bonds. The van der Waals surface area contributed by atoms with Crippen LogP contribution in [0.1, 0.15) is 12.8 Å². The van der Waals surface area contributed by atoms with Crippen molar-refractivity contribution in [2.24, 2.45) is 0 Å². The fourth-order valence-electron chi connectivity index (χ4n) is 2.06. The molecule has 2 heterocycles. The minimum absolute atomic E-state index is 0.0570.